The molecule has 0 spiro atoms. The Morgan fingerprint density at radius 3 is 2.63 bits per heavy atom. The van der Waals surface area contributed by atoms with Gasteiger partial charge in [0.2, 0.25) is 10.0 Å². The van der Waals surface area contributed by atoms with Gasteiger partial charge in [0.05, 0.1) is 18.6 Å². The molecule has 1 aromatic carbocycles. The van der Waals surface area contributed by atoms with E-state index in [2.05, 4.69) is 17.0 Å². The van der Waals surface area contributed by atoms with E-state index in [-0.39, 0.29) is 5.75 Å². The smallest absolute Gasteiger partial charge is 0.232 e. The van der Waals surface area contributed by atoms with Gasteiger partial charge >= 0.3 is 0 Å². The molecule has 0 bridgehead atoms. The summed E-state index contributed by atoms with van der Waals surface area (Å²) in [5.41, 5.74) is 0.478. The van der Waals surface area contributed by atoms with Gasteiger partial charge in [0.25, 0.3) is 0 Å². The van der Waals surface area contributed by atoms with Crippen LogP contribution in [-0.2, 0) is 10.0 Å². The Morgan fingerprint density at radius 1 is 1.21 bits per heavy atom. The van der Waals surface area contributed by atoms with Crippen LogP contribution in [0.4, 0.5) is 5.69 Å². The molecule has 0 aromatic heterocycles. The standard InChI is InChI=1S/C13H22N2O3S/c1-3-9-14-10-6-11-19(16,17)15-12-7-4-5-8-13(12)18-2/h4-5,7-8,14-15H,3,6,9-11H2,1-2H3. The largest absolute Gasteiger partial charge is 0.495 e. The maximum atomic E-state index is 11.9. The number of hydrogen-bond donors (Lipinski definition) is 2. The summed E-state index contributed by atoms with van der Waals surface area (Å²) in [6.45, 7) is 3.70. The average Bonchev–Trinajstić information content (AvgIpc) is 2.38. The van der Waals surface area contributed by atoms with E-state index >= 15 is 0 Å². The van der Waals surface area contributed by atoms with Gasteiger partial charge in [-0.05, 0) is 38.1 Å². The van der Waals surface area contributed by atoms with Crippen LogP contribution in [0, 0.1) is 0 Å². The Morgan fingerprint density at radius 2 is 1.95 bits per heavy atom. The van der Waals surface area contributed by atoms with Gasteiger partial charge in [0.15, 0.2) is 0 Å². The van der Waals surface area contributed by atoms with Crippen LogP contribution in [0.15, 0.2) is 24.3 Å². The van der Waals surface area contributed by atoms with Crippen molar-refractivity contribution in [3.8, 4) is 5.75 Å². The fraction of sp³-hybridized carbons (Fsp3) is 0.538. The molecule has 0 saturated carbocycles. The van der Waals surface area contributed by atoms with Crippen molar-refractivity contribution < 1.29 is 13.2 Å². The maximum absolute atomic E-state index is 11.9. The fourth-order valence-corrected chi connectivity index (χ4v) is 2.77. The number of nitrogens with one attached hydrogen (secondary N) is 2. The van der Waals surface area contributed by atoms with Crippen LogP contribution in [0.1, 0.15) is 19.8 Å². The summed E-state index contributed by atoms with van der Waals surface area (Å²) in [6.07, 6.45) is 1.64. The number of benzene rings is 1. The van der Waals surface area contributed by atoms with Gasteiger partial charge in [-0.1, -0.05) is 19.1 Å². The monoisotopic (exact) mass is 286 g/mol. The Kier molecular flexibility index (Phi) is 6.66. The highest BCUT2D eigenvalue weighted by molar-refractivity contribution is 7.92. The van der Waals surface area contributed by atoms with Crippen LogP contribution < -0.4 is 14.8 Å². The van der Waals surface area contributed by atoms with Crippen LogP contribution >= 0.6 is 0 Å². The Hall–Kier alpha value is -1.27. The molecule has 0 aliphatic rings. The second-order valence-corrected chi connectivity index (χ2v) is 6.07. The van der Waals surface area contributed by atoms with E-state index in [1.165, 1.54) is 7.11 Å². The van der Waals surface area contributed by atoms with E-state index in [1.807, 2.05) is 0 Å². The number of sulfonamides is 1. The molecule has 0 amide bonds. The van der Waals surface area contributed by atoms with E-state index in [9.17, 15) is 8.42 Å². The van der Waals surface area contributed by atoms with Gasteiger partial charge in [-0.15, -0.1) is 0 Å². The number of methoxy groups -OCH3 is 1. The molecule has 0 atom stereocenters. The molecule has 19 heavy (non-hydrogen) atoms. The maximum Gasteiger partial charge on any atom is 0.232 e. The summed E-state index contributed by atoms with van der Waals surface area (Å²) in [5.74, 6) is 0.622. The van der Waals surface area contributed by atoms with Gasteiger partial charge in [-0.3, -0.25) is 4.72 Å². The van der Waals surface area contributed by atoms with Crippen LogP contribution in [0.5, 0.6) is 5.75 Å². The zero-order valence-corrected chi connectivity index (χ0v) is 12.3. The van der Waals surface area contributed by atoms with E-state index in [0.29, 0.717) is 24.4 Å². The van der Waals surface area contributed by atoms with Crippen molar-refractivity contribution in [2.75, 3.05) is 30.7 Å². The van der Waals surface area contributed by atoms with Gasteiger partial charge in [0, 0.05) is 0 Å². The molecule has 108 valence electrons. The number of hydrogen-bond acceptors (Lipinski definition) is 4. The molecule has 0 unspecified atom stereocenters. The summed E-state index contributed by atoms with van der Waals surface area (Å²) in [5, 5.41) is 3.18. The average molecular weight is 286 g/mol. The molecule has 0 heterocycles. The van der Waals surface area contributed by atoms with E-state index in [1.54, 1.807) is 24.3 Å². The SMILES string of the molecule is CCCNCCCS(=O)(=O)Nc1ccccc1OC. The van der Waals surface area contributed by atoms with Crippen LogP contribution in [0.25, 0.3) is 0 Å². The van der Waals surface area contributed by atoms with Crippen molar-refractivity contribution in [2.24, 2.45) is 0 Å². The van der Waals surface area contributed by atoms with Crippen molar-refractivity contribution in [2.45, 2.75) is 19.8 Å². The van der Waals surface area contributed by atoms with Crippen LogP contribution in [-0.4, -0.2) is 34.4 Å². The summed E-state index contributed by atoms with van der Waals surface area (Å²) < 4.78 is 31.5. The molecular formula is C13H22N2O3S. The topological polar surface area (TPSA) is 67.4 Å². The molecule has 1 rings (SSSR count). The van der Waals surface area contributed by atoms with E-state index in [4.69, 9.17) is 4.74 Å². The first-order chi connectivity index (χ1) is 9.09. The normalized spacial score (nSPS) is 11.3. The zero-order chi connectivity index (χ0) is 14.1. The predicted octanol–water partition coefficient (Wildman–Crippen LogP) is 1.83. The Bertz CT molecular complexity index is 475. The number of rotatable bonds is 9. The number of ether oxygens (including phenoxy) is 1. The molecule has 0 fully saturated rings. The number of para-hydroxylation sites is 2. The second kappa shape index (κ2) is 8.01. The first-order valence-electron chi connectivity index (χ1n) is 6.43. The lowest BCUT2D eigenvalue weighted by molar-refractivity contribution is 0.417. The van der Waals surface area contributed by atoms with Crippen molar-refractivity contribution >= 4 is 15.7 Å². The molecule has 0 aliphatic carbocycles. The van der Waals surface area contributed by atoms with Gasteiger partial charge in [-0.25, -0.2) is 8.42 Å². The molecule has 0 radical (unpaired) electrons. The van der Waals surface area contributed by atoms with Crippen molar-refractivity contribution in [3.05, 3.63) is 24.3 Å². The van der Waals surface area contributed by atoms with Gasteiger partial charge in [0.1, 0.15) is 5.75 Å². The van der Waals surface area contributed by atoms with Crippen LogP contribution in [0.2, 0.25) is 0 Å². The summed E-state index contributed by atoms with van der Waals surface area (Å²) in [6, 6.07) is 6.97. The zero-order valence-electron chi connectivity index (χ0n) is 11.5. The van der Waals surface area contributed by atoms with Gasteiger partial charge in [-0.2, -0.15) is 0 Å². The first kappa shape index (κ1) is 15.8. The molecule has 0 saturated heterocycles. The second-order valence-electron chi connectivity index (χ2n) is 4.22. The van der Waals surface area contributed by atoms with E-state index in [0.717, 1.165) is 13.0 Å². The third-order valence-electron chi connectivity index (χ3n) is 2.57. The molecule has 5 nitrogen and oxygen atoms in total. The highest BCUT2D eigenvalue weighted by Gasteiger charge is 2.12. The third kappa shape index (κ3) is 5.94. The summed E-state index contributed by atoms with van der Waals surface area (Å²) in [4.78, 5) is 0. The minimum absolute atomic E-state index is 0.0990. The molecule has 0 aliphatic heterocycles. The predicted molar refractivity (Wildman–Crippen MR) is 78.2 cm³/mol. The van der Waals surface area contributed by atoms with Crippen molar-refractivity contribution in [3.63, 3.8) is 0 Å². The summed E-state index contributed by atoms with van der Waals surface area (Å²) >= 11 is 0. The number of anilines is 1. The quantitative estimate of drug-likeness (QED) is 0.680. The lowest BCUT2D eigenvalue weighted by Crippen LogP contribution is -2.22. The third-order valence-corrected chi connectivity index (χ3v) is 3.92. The van der Waals surface area contributed by atoms with Crippen molar-refractivity contribution in [1.29, 1.82) is 0 Å². The first-order valence-corrected chi connectivity index (χ1v) is 8.08. The van der Waals surface area contributed by atoms with Gasteiger partial charge < -0.3 is 10.1 Å². The lowest BCUT2D eigenvalue weighted by atomic mass is 10.3. The Labute approximate surface area is 115 Å². The van der Waals surface area contributed by atoms with Crippen molar-refractivity contribution in [1.82, 2.24) is 5.32 Å². The lowest BCUT2D eigenvalue weighted by Gasteiger charge is -2.11. The fourth-order valence-electron chi connectivity index (χ4n) is 1.64. The molecule has 1 aromatic rings. The molecular weight excluding hydrogens is 264 g/mol. The highest BCUT2D eigenvalue weighted by Crippen LogP contribution is 2.24. The van der Waals surface area contributed by atoms with Crippen LogP contribution in [0.3, 0.4) is 0 Å². The molecule has 6 heteroatoms. The Balaban J connectivity index is 2.50. The minimum Gasteiger partial charge on any atom is -0.495 e. The van der Waals surface area contributed by atoms with E-state index < -0.39 is 10.0 Å². The molecule has 2 N–H and O–H groups in total. The highest BCUT2D eigenvalue weighted by atomic mass is 32.2. The minimum atomic E-state index is -3.32. The summed E-state index contributed by atoms with van der Waals surface area (Å²) in [7, 11) is -1.81.